The topological polar surface area (TPSA) is 113 Å². The van der Waals surface area contributed by atoms with Crippen LogP contribution in [0.4, 0.5) is 4.79 Å². The van der Waals surface area contributed by atoms with Gasteiger partial charge in [0.25, 0.3) is 5.91 Å². The van der Waals surface area contributed by atoms with Gasteiger partial charge in [0.1, 0.15) is 35.3 Å². The van der Waals surface area contributed by atoms with Crippen molar-refractivity contribution in [2.75, 3.05) is 20.2 Å². The minimum Gasteiger partial charge on any atom is -0.497 e. The van der Waals surface area contributed by atoms with Gasteiger partial charge < -0.3 is 33.6 Å². The third kappa shape index (κ3) is 9.80. The molecule has 5 rings (SSSR count). The van der Waals surface area contributed by atoms with E-state index in [1.54, 1.807) is 63.1 Å². The Morgan fingerprint density at radius 2 is 1.54 bits per heavy atom. The van der Waals surface area contributed by atoms with Gasteiger partial charge in [0.2, 0.25) is 5.79 Å². The second kappa shape index (κ2) is 16.2. The maximum absolute atomic E-state index is 14.9. The first-order valence-corrected chi connectivity index (χ1v) is 21.4. The Morgan fingerprint density at radius 3 is 2.17 bits per heavy atom. The molecule has 1 fully saturated rings. The van der Waals surface area contributed by atoms with Crippen LogP contribution < -0.4 is 14.8 Å². The van der Waals surface area contributed by atoms with Gasteiger partial charge in [-0.3, -0.25) is 4.79 Å². The monoisotopic (exact) mass is 754 g/mol. The molecule has 0 unspecified atom stereocenters. The quantitative estimate of drug-likeness (QED) is 0.0970. The number of nitrogens with one attached hydrogen (secondary N) is 1. The molecule has 0 aliphatic carbocycles. The van der Waals surface area contributed by atoms with Gasteiger partial charge in [-0.15, -0.1) is 0 Å². The van der Waals surface area contributed by atoms with Crippen LogP contribution in [0.1, 0.15) is 80.7 Å². The molecule has 1 heterocycles. The van der Waals surface area contributed by atoms with E-state index in [1.807, 2.05) is 60.7 Å². The van der Waals surface area contributed by atoms with E-state index in [1.165, 1.54) is 0 Å². The molecule has 1 aliphatic rings. The number of hydrogen-bond acceptors (Lipinski definition) is 8. The Bertz CT molecular complexity index is 1940. The molecule has 2 amide bonds. The highest BCUT2D eigenvalue weighted by Crippen LogP contribution is 2.43. The van der Waals surface area contributed by atoms with Gasteiger partial charge in [-0.25, -0.2) is 9.59 Å². The number of esters is 1. The molecule has 288 valence electrons. The van der Waals surface area contributed by atoms with Gasteiger partial charge in [-0.2, -0.15) is 0 Å². The lowest BCUT2D eigenvalue weighted by molar-refractivity contribution is -0.174. The highest BCUT2D eigenvalue weighted by molar-refractivity contribution is 6.74. The summed E-state index contributed by atoms with van der Waals surface area (Å²) < 4.78 is 31.6. The van der Waals surface area contributed by atoms with E-state index >= 15 is 0 Å². The fraction of sp³-hybridized carbons (Fsp3) is 0.419. The number of likely N-dealkylation sites (tertiary alicyclic amines) is 1. The van der Waals surface area contributed by atoms with Gasteiger partial charge in [0.05, 0.1) is 13.7 Å². The van der Waals surface area contributed by atoms with E-state index in [4.69, 9.17) is 23.4 Å². The first-order chi connectivity index (χ1) is 25.4. The summed E-state index contributed by atoms with van der Waals surface area (Å²) in [6.45, 7) is 16.4. The summed E-state index contributed by atoms with van der Waals surface area (Å²) in [4.78, 5) is 44.0. The normalized spacial score (nSPS) is 18.0. The Kier molecular flexibility index (Phi) is 12.1. The maximum Gasteiger partial charge on any atom is 0.410 e. The van der Waals surface area contributed by atoms with Crippen LogP contribution >= 0.6 is 0 Å². The largest absolute Gasteiger partial charge is 0.497 e. The van der Waals surface area contributed by atoms with Crippen molar-refractivity contribution >= 4 is 37.1 Å². The van der Waals surface area contributed by atoms with Crippen LogP contribution in [0, 0.1) is 0 Å². The minimum atomic E-state index is -2.75. The van der Waals surface area contributed by atoms with Crippen molar-refractivity contribution in [3.8, 4) is 11.5 Å². The van der Waals surface area contributed by atoms with Crippen LogP contribution in [0.5, 0.6) is 11.5 Å². The predicted molar refractivity (Wildman–Crippen MR) is 212 cm³/mol. The zero-order chi connectivity index (χ0) is 39.3. The highest BCUT2D eigenvalue weighted by Gasteiger charge is 2.54. The molecule has 1 N–H and O–H groups in total. The number of ether oxygens (including phenoxy) is 4. The van der Waals surface area contributed by atoms with Crippen molar-refractivity contribution in [2.24, 2.45) is 0 Å². The molecule has 0 saturated carbocycles. The summed E-state index contributed by atoms with van der Waals surface area (Å²) in [5.41, 5.74) is 0.783. The summed E-state index contributed by atoms with van der Waals surface area (Å²) in [5, 5.41) is 4.42. The third-order valence-corrected chi connectivity index (χ3v) is 14.5. The molecule has 0 bridgehead atoms. The number of carbonyl (C=O) groups excluding carboxylic acids is 3. The summed E-state index contributed by atoms with van der Waals surface area (Å²) in [6, 6.07) is 26.7. The van der Waals surface area contributed by atoms with Gasteiger partial charge in [-0.1, -0.05) is 75.4 Å². The number of rotatable bonds is 10. The number of carbonyl (C=O) groups is 3. The summed E-state index contributed by atoms with van der Waals surface area (Å²) >= 11 is 0. The minimum absolute atomic E-state index is 0.0261. The summed E-state index contributed by atoms with van der Waals surface area (Å²) in [6.07, 6.45) is 0.0767. The van der Waals surface area contributed by atoms with Crippen molar-refractivity contribution in [1.82, 2.24) is 10.2 Å². The average molecular weight is 755 g/mol. The first kappa shape index (κ1) is 40.3. The van der Waals surface area contributed by atoms with E-state index < -0.39 is 43.7 Å². The Hall–Kier alpha value is -4.87. The standard InChI is InChI=1S/C43H54N2O8Si/c1-41(2,3)52-40(48)45-24-16-23-43(53-54(8,9)42(4,5)6,37(28-45)44-38(46)31-19-14-11-15-20-31)51-39(47)35-26-33-25-34(49-7)22-21-32(33)27-36(35)50-29-30-17-12-10-13-18-30/h10-15,17-22,25-27,37H,16,23-24,28-29H2,1-9H3,(H,44,46)/t37-,43-/m1/s1. The van der Waals surface area contributed by atoms with E-state index in [2.05, 4.69) is 39.2 Å². The van der Waals surface area contributed by atoms with Crippen molar-refractivity contribution in [2.45, 2.75) is 96.6 Å². The van der Waals surface area contributed by atoms with E-state index in [0.29, 0.717) is 30.0 Å². The lowest BCUT2D eigenvalue weighted by Crippen LogP contribution is -2.64. The second-order valence-corrected chi connectivity index (χ2v) is 21.0. The van der Waals surface area contributed by atoms with Gasteiger partial charge in [-0.05, 0) is 98.1 Å². The van der Waals surface area contributed by atoms with Crippen molar-refractivity contribution < 1.29 is 37.8 Å². The van der Waals surface area contributed by atoms with E-state index in [0.717, 1.165) is 16.3 Å². The molecular weight excluding hydrogens is 701 g/mol. The average Bonchev–Trinajstić information content (AvgIpc) is 3.28. The molecular formula is C43H54N2O8Si. The smallest absolute Gasteiger partial charge is 0.410 e. The van der Waals surface area contributed by atoms with E-state index in [-0.39, 0.29) is 30.2 Å². The molecule has 2 atom stereocenters. The van der Waals surface area contributed by atoms with Gasteiger partial charge in [0.15, 0.2) is 8.32 Å². The maximum atomic E-state index is 14.9. The molecule has 54 heavy (non-hydrogen) atoms. The molecule has 1 aliphatic heterocycles. The molecule has 11 heteroatoms. The summed E-state index contributed by atoms with van der Waals surface area (Å²) in [5.74, 6) is -1.80. The number of nitrogens with zero attached hydrogens (tertiary/aromatic N) is 1. The molecule has 10 nitrogen and oxygen atoms in total. The third-order valence-electron chi connectivity index (χ3n) is 9.98. The van der Waals surface area contributed by atoms with Gasteiger partial charge in [0, 0.05) is 18.5 Å². The van der Waals surface area contributed by atoms with Crippen LogP contribution in [0.25, 0.3) is 10.8 Å². The van der Waals surface area contributed by atoms with Crippen LogP contribution in [0.3, 0.4) is 0 Å². The SMILES string of the molecule is COc1ccc2cc(OCc3ccccc3)c(C(=O)O[C@@]3(O[Si](C)(C)C(C)(C)C)CCCN(C(=O)OC(C)(C)C)C[C@H]3NC(=O)c3ccccc3)cc2c1. The molecule has 4 aromatic carbocycles. The lowest BCUT2D eigenvalue weighted by Gasteiger charge is -2.47. The number of benzene rings is 4. The van der Waals surface area contributed by atoms with Crippen LogP contribution in [0.2, 0.25) is 18.1 Å². The van der Waals surface area contributed by atoms with Crippen molar-refractivity contribution in [3.05, 3.63) is 108 Å². The van der Waals surface area contributed by atoms with Crippen molar-refractivity contribution in [3.63, 3.8) is 0 Å². The molecule has 0 radical (unpaired) electrons. The van der Waals surface area contributed by atoms with Crippen LogP contribution in [0.15, 0.2) is 91.0 Å². The van der Waals surface area contributed by atoms with Crippen LogP contribution in [-0.2, 0) is 20.5 Å². The Balaban J connectivity index is 1.63. The molecule has 1 saturated heterocycles. The highest BCUT2D eigenvalue weighted by atomic mass is 28.4. The molecule has 0 aromatic heterocycles. The zero-order valence-electron chi connectivity index (χ0n) is 33.0. The number of hydrogen-bond donors (Lipinski definition) is 1. The molecule has 4 aromatic rings. The second-order valence-electron chi connectivity index (χ2n) is 16.3. The Morgan fingerprint density at radius 1 is 0.870 bits per heavy atom. The van der Waals surface area contributed by atoms with Gasteiger partial charge >= 0.3 is 12.1 Å². The number of methoxy groups -OCH3 is 1. The van der Waals surface area contributed by atoms with Crippen molar-refractivity contribution in [1.29, 1.82) is 0 Å². The fourth-order valence-corrected chi connectivity index (χ4v) is 7.53. The first-order valence-electron chi connectivity index (χ1n) is 18.5. The van der Waals surface area contributed by atoms with E-state index in [9.17, 15) is 14.4 Å². The lowest BCUT2D eigenvalue weighted by atomic mass is 10.0. The predicted octanol–water partition coefficient (Wildman–Crippen LogP) is 9.13. The summed E-state index contributed by atoms with van der Waals surface area (Å²) in [7, 11) is -1.16. The number of fused-ring (bicyclic) bond motifs is 1. The number of amides is 2. The zero-order valence-corrected chi connectivity index (χ0v) is 34.0. The fourth-order valence-electron chi connectivity index (χ4n) is 6.08. The molecule has 0 spiro atoms. The van der Waals surface area contributed by atoms with Crippen LogP contribution in [-0.4, -0.2) is 68.8 Å². The Labute approximate surface area is 320 Å².